The molecule has 0 amide bonds. The Kier molecular flexibility index (Phi) is 3.70. The topological polar surface area (TPSA) is 26.3 Å². The molecule has 0 N–H and O–H groups in total. The number of benzene rings is 2. The lowest BCUT2D eigenvalue weighted by molar-refractivity contribution is 0.103. The van der Waals surface area contributed by atoms with Crippen LogP contribution in [-0.2, 0) is 5.41 Å². The number of rotatable bonds is 2. The van der Waals surface area contributed by atoms with E-state index in [1.54, 1.807) is 0 Å². The molecule has 1 aliphatic rings. The van der Waals surface area contributed by atoms with E-state index in [2.05, 4.69) is 45.7 Å². The zero-order valence-corrected chi connectivity index (χ0v) is 14.9. The Morgan fingerprint density at radius 2 is 1.90 bits per heavy atom. The molecule has 1 aliphatic heterocycles. The molecule has 0 atom stereocenters. The van der Waals surface area contributed by atoms with Crippen LogP contribution in [0.1, 0.15) is 35.3 Å². The molecular weight excluding hydrogens is 396 g/mol. The van der Waals surface area contributed by atoms with Crippen LogP contribution in [0.4, 0.5) is 0 Å². The maximum absolute atomic E-state index is 12.7. The summed E-state index contributed by atoms with van der Waals surface area (Å²) in [5.74, 6) is 0.888. The van der Waals surface area contributed by atoms with Gasteiger partial charge in [-0.25, -0.2) is 0 Å². The number of hydrogen-bond acceptors (Lipinski definition) is 2. The fourth-order valence-corrected chi connectivity index (χ4v) is 3.28. The van der Waals surface area contributed by atoms with Crippen LogP contribution in [0, 0.1) is 0 Å². The van der Waals surface area contributed by atoms with Gasteiger partial charge in [0.1, 0.15) is 5.75 Å². The average molecular weight is 410 g/mol. The van der Waals surface area contributed by atoms with E-state index in [1.807, 2.05) is 36.4 Å². The molecule has 0 fully saturated rings. The highest BCUT2D eigenvalue weighted by atomic mass is 79.9. The summed E-state index contributed by atoms with van der Waals surface area (Å²) in [6, 6.07) is 11.3. The molecule has 3 rings (SSSR count). The van der Waals surface area contributed by atoms with Gasteiger partial charge in [0.05, 0.1) is 6.61 Å². The lowest BCUT2D eigenvalue weighted by atomic mass is 9.85. The Balaban J connectivity index is 2.06. The van der Waals surface area contributed by atoms with Crippen molar-refractivity contribution in [3.63, 3.8) is 0 Å². The van der Waals surface area contributed by atoms with E-state index in [-0.39, 0.29) is 11.2 Å². The Morgan fingerprint density at radius 1 is 1.14 bits per heavy atom. The smallest absolute Gasteiger partial charge is 0.194 e. The van der Waals surface area contributed by atoms with Gasteiger partial charge in [0.2, 0.25) is 0 Å². The number of carbonyl (C=O) groups is 1. The molecular formula is C17H14Br2O2. The van der Waals surface area contributed by atoms with Crippen molar-refractivity contribution in [1.29, 1.82) is 0 Å². The zero-order chi connectivity index (χ0) is 15.2. The van der Waals surface area contributed by atoms with Crippen molar-refractivity contribution in [1.82, 2.24) is 0 Å². The Morgan fingerprint density at radius 3 is 2.67 bits per heavy atom. The number of ether oxygens (including phenoxy) is 1. The Labute approximate surface area is 140 Å². The fourth-order valence-electron chi connectivity index (χ4n) is 2.49. The maximum atomic E-state index is 12.7. The second-order valence-corrected chi connectivity index (χ2v) is 7.61. The molecule has 2 nitrogen and oxygen atoms in total. The molecule has 2 aromatic carbocycles. The quantitative estimate of drug-likeness (QED) is 0.644. The van der Waals surface area contributed by atoms with Crippen molar-refractivity contribution >= 4 is 37.6 Å². The first-order chi connectivity index (χ1) is 9.88. The number of fused-ring (bicyclic) bond motifs is 1. The second kappa shape index (κ2) is 5.25. The SMILES string of the molecule is CC1(C)COc2ccc(C(=O)c3cc(Br)ccc3Br)cc21. The molecule has 2 aromatic rings. The summed E-state index contributed by atoms with van der Waals surface area (Å²) in [7, 11) is 0. The molecule has 0 saturated carbocycles. The summed E-state index contributed by atoms with van der Waals surface area (Å²) < 4.78 is 7.35. The van der Waals surface area contributed by atoms with Crippen LogP contribution in [-0.4, -0.2) is 12.4 Å². The van der Waals surface area contributed by atoms with Gasteiger partial charge in [-0.05, 0) is 36.4 Å². The standard InChI is InChI=1S/C17H14Br2O2/c1-17(2)9-21-15-6-3-10(7-13(15)17)16(20)12-8-11(18)4-5-14(12)19/h3-8H,9H2,1-2H3. The van der Waals surface area contributed by atoms with E-state index in [0.29, 0.717) is 17.7 Å². The Hall–Kier alpha value is -1.13. The van der Waals surface area contributed by atoms with Gasteiger partial charge in [0, 0.05) is 31.1 Å². The summed E-state index contributed by atoms with van der Waals surface area (Å²) in [5.41, 5.74) is 2.38. The van der Waals surface area contributed by atoms with Gasteiger partial charge in [-0.1, -0.05) is 45.7 Å². The van der Waals surface area contributed by atoms with E-state index < -0.39 is 0 Å². The summed E-state index contributed by atoms with van der Waals surface area (Å²) in [5, 5.41) is 0. The first-order valence-corrected chi connectivity index (χ1v) is 8.24. The van der Waals surface area contributed by atoms with Crippen molar-refractivity contribution in [3.8, 4) is 5.75 Å². The van der Waals surface area contributed by atoms with Crippen molar-refractivity contribution in [2.24, 2.45) is 0 Å². The Bertz CT molecular complexity index is 736. The molecule has 0 aromatic heterocycles. The van der Waals surface area contributed by atoms with Gasteiger partial charge in [0.15, 0.2) is 5.78 Å². The monoisotopic (exact) mass is 408 g/mol. The molecule has 21 heavy (non-hydrogen) atoms. The molecule has 0 saturated heterocycles. The third kappa shape index (κ3) is 2.67. The molecule has 0 radical (unpaired) electrons. The highest BCUT2D eigenvalue weighted by Crippen LogP contribution is 2.39. The van der Waals surface area contributed by atoms with Gasteiger partial charge < -0.3 is 4.74 Å². The summed E-state index contributed by atoms with van der Waals surface area (Å²) in [6.45, 7) is 4.91. The van der Waals surface area contributed by atoms with E-state index in [1.165, 1.54) is 0 Å². The number of carbonyl (C=O) groups excluding carboxylic acids is 1. The van der Waals surface area contributed by atoms with Gasteiger partial charge >= 0.3 is 0 Å². The van der Waals surface area contributed by atoms with Crippen molar-refractivity contribution < 1.29 is 9.53 Å². The molecule has 108 valence electrons. The van der Waals surface area contributed by atoms with Crippen LogP contribution in [0.3, 0.4) is 0 Å². The maximum Gasteiger partial charge on any atom is 0.194 e. The normalized spacial score (nSPS) is 15.4. The van der Waals surface area contributed by atoms with E-state index in [9.17, 15) is 4.79 Å². The molecule has 0 spiro atoms. The first kappa shape index (κ1) is 14.8. The van der Waals surface area contributed by atoms with Gasteiger partial charge in [-0.2, -0.15) is 0 Å². The molecule has 4 heteroatoms. The highest BCUT2D eigenvalue weighted by molar-refractivity contribution is 9.11. The van der Waals surface area contributed by atoms with Crippen molar-refractivity contribution in [3.05, 3.63) is 62.0 Å². The van der Waals surface area contributed by atoms with Gasteiger partial charge in [0.25, 0.3) is 0 Å². The van der Waals surface area contributed by atoms with Crippen LogP contribution >= 0.6 is 31.9 Å². The molecule has 0 unspecified atom stereocenters. The minimum Gasteiger partial charge on any atom is -0.492 e. The summed E-state index contributed by atoms with van der Waals surface area (Å²) >= 11 is 6.86. The third-order valence-electron chi connectivity index (χ3n) is 3.73. The van der Waals surface area contributed by atoms with E-state index in [4.69, 9.17) is 4.74 Å². The van der Waals surface area contributed by atoms with E-state index >= 15 is 0 Å². The highest BCUT2D eigenvalue weighted by Gasteiger charge is 2.32. The van der Waals surface area contributed by atoms with E-state index in [0.717, 1.165) is 20.3 Å². The van der Waals surface area contributed by atoms with Crippen molar-refractivity contribution in [2.45, 2.75) is 19.3 Å². The lowest BCUT2D eigenvalue weighted by Gasteiger charge is -2.15. The minimum atomic E-state index is -0.0554. The molecule has 1 heterocycles. The lowest BCUT2D eigenvalue weighted by Crippen LogP contribution is -2.18. The minimum absolute atomic E-state index is 0.00803. The van der Waals surface area contributed by atoms with Gasteiger partial charge in [-0.15, -0.1) is 0 Å². The molecule has 0 aliphatic carbocycles. The van der Waals surface area contributed by atoms with Crippen molar-refractivity contribution in [2.75, 3.05) is 6.61 Å². The fraction of sp³-hybridized carbons (Fsp3) is 0.235. The largest absolute Gasteiger partial charge is 0.492 e. The zero-order valence-electron chi connectivity index (χ0n) is 11.7. The third-order valence-corrected chi connectivity index (χ3v) is 4.92. The first-order valence-electron chi connectivity index (χ1n) is 6.65. The molecule has 0 bridgehead atoms. The number of ketones is 1. The second-order valence-electron chi connectivity index (χ2n) is 5.84. The summed E-state index contributed by atoms with van der Waals surface area (Å²) in [6.07, 6.45) is 0. The average Bonchev–Trinajstić information content (AvgIpc) is 2.76. The van der Waals surface area contributed by atoms with Crippen LogP contribution in [0.5, 0.6) is 5.75 Å². The van der Waals surface area contributed by atoms with Crippen LogP contribution in [0.15, 0.2) is 45.3 Å². The van der Waals surface area contributed by atoms with Crippen LogP contribution < -0.4 is 4.74 Å². The van der Waals surface area contributed by atoms with Crippen LogP contribution in [0.25, 0.3) is 0 Å². The van der Waals surface area contributed by atoms with Gasteiger partial charge in [-0.3, -0.25) is 4.79 Å². The van der Waals surface area contributed by atoms with Crippen LogP contribution in [0.2, 0.25) is 0 Å². The number of hydrogen-bond donors (Lipinski definition) is 0. The predicted molar refractivity (Wildman–Crippen MR) is 90.2 cm³/mol. The summed E-state index contributed by atoms with van der Waals surface area (Å²) in [4.78, 5) is 12.7. The number of halogens is 2. The predicted octanol–water partition coefficient (Wildman–Crippen LogP) is 5.11.